The molecule has 1 aromatic rings. The van der Waals surface area contributed by atoms with Crippen molar-refractivity contribution in [2.24, 2.45) is 5.73 Å². The summed E-state index contributed by atoms with van der Waals surface area (Å²) in [5.41, 5.74) is 5.99. The van der Waals surface area contributed by atoms with Crippen molar-refractivity contribution in [2.75, 3.05) is 13.1 Å². The topological polar surface area (TPSA) is 38.0 Å². The third-order valence-corrected chi connectivity index (χ3v) is 2.57. The molecule has 1 rings (SSSR count). The van der Waals surface area contributed by atoms with Crippen LogP contribution in [0.3, 0.4) is 0 Å². The predicted molar refractivity (Wildman–Crippen MR) is 64.7 cm³/mol. The minimum absolute atomic E-state index is 0.269. The fraction of sp³-hybridized carbons (Fsp3) is 0.333. The second-order valence-electron chi connectivity index (χ2n) is 3.33. The molecule has 1 atom stereocenters. The van der Waals surface area contributed by atoms with Gasteiger partial charge in [-0.2, -0.15) is 0 Å². The summed E-state index contributed by atoms with van der Waals surface area (Å²) in [6.07, 6.45) is 5.71. The van der Waals surface area contributed by atoms with Crippen molar-refractivity contribution in [3.8, 4) is 12.3 Å². The van der Waals surface area contributed by atoms with Crippen molar-refractivity contribution in [2.45, 2.75) is 12.5 Å². The lowest BCUT2D eigenvalue weighted by Gasteiger charge is -2.18. The standard InChI is InChI=1S/C12H14ClFN2/c1-2-3-7-16-11(8-15)12-9(13)5-4-6-10(12)14/h1,4-6,11,16H,3,7-8,15H2. The molecule has 2 nitrogen and oxygen atoms in total. The van der Waals surface area contributed by atoms with E-state index in [1.807, 2.05) is 0 Å². The number of hydrogen-bond donors (Lipinski definition) is 2. The normalized spacial score (nSPS) is 12.1. The molecule has 3 N–H and O–H groups in total. The quantitative estimate of drug-likeness (QED) is 0.611. The molecule has 0 aromatic heterocycles. The van der Waals surface area contributed by atoms with E-state index in [0.29, 0.717) is 23.6 Å². The molecule has 0 bridgehead atoms. The van der Waals surface area contributed by atoms with Crippen LogP contribution in [0.2, 0.25) is 5.02 Å². The lowest BCUT2D eigenvalue weighted by Crippen LogP contribution is -2.29. The SMILES string of the molecule is C#CCCNC(CN)c1c(F)cccc1Cl. The Kier molecular flexibility index (Phi) is 5.27. The minimum atomic E-state index is -0.351. The first-order valence-corrected chi connectivity index (χ1v) is 5.39. The number of hydrogen-bond acceptors (Lipinski definition) is 2. The number of nitrogens with two attached hydrogens (primary N) is 1. The summed E-state index contributed by atoms with van der Waals surface area (Å²) in [6, 6.07) is 4.27. The molecule has 0 aliphatic rings. The molecule has 0 aliphatic carbocycles. The number of benzene rings is 1. The highest BCUT2D eigenvalue weighted by Crippen LogP contribution is 2.25. The third-order valence-electron chi connectivity index (χ3n) is 2.24. The van der Waals surface area contributed by atoms with E-state index in [2.05, 4.69) is 11.2 Å². The van der Waals surface area contributed by atoms with Gasteiger partial charge in [0.25, 0.3) is 0 Å². The summed E-state index contributed by atoms with van der Waals surface area (Å²) >= 11 is 5.94. The molecule has 0 aliphatic heterocycles. The summed E-state index contributed by atoms with van der Waals surface area (Å²) in [4.78, 5) is 0. The van der Waals surface area contributed by atoms with E-state index < -0.39 is 0 Å². The van der Waals surface area contributed by atoms with Gasteiger partial charge < -0.3 is 11.1 Å². The van der Waals surface area contributed by atoms with Crippen LogP contribution in [0.25, 0.3) is 0 Å². The molecular weight excluding hydrogens is 227 g/mol. The lowest BCUT2D eigenvalue weighted by molar-refractivity contribution is 0.512. The van der Waals surface area contributed by atoms with Crippen LogP contribution in [0.1, 0.15) is 18.0 Å². The van der Waals surface area contributed by atoms with Crippen LogP contribution in [-0.2, 0) is 0 Å². The van der Waals surface area contributed by atoms with Gasteiger partial charge in [0, 0.05) is 36.1 Å². The Labute approximate surface area is 100.0 Å². The first-order chi connectivity index (χ1) is 7.70. The molecule has 0 radical (unpaired) electrons. The molecule has 1 aromatic carbocycles. The molecule has 0 saturated heterocycles. The van der Waals surface area contributed by atoms with E-state index in [0.717, 1.165) is 0 Å². The zero-order valence-electron chi connectivity index (χ0n) is 8.84. The summed E-state index contributed by atoms with van der Waals surface area (Å²) in [5, 5.41) is 3.45. The molecule has 0 fully saturated rings. The highest BCUT2D eigenvalue weighted by molar-refractivity contribution is 6.31. The molecule has 1 unspecified atom stereocenters. The van der Waals surface area contributed by atoms with Gasteiger partial charge >= 0.3 is 0 Å². The van der Waals surface area contributed by atoms with Crippen LogP contribution in [0.4, 0.5) is 4.39 Å². The summed E-state index contributed by atoms with van der Waals surface area (Å²) in [7, 11) is 0. The molecule has 0 saturated carbocycles. The highest BCUT2D eigenvalue weighted by Gasteiger charge is 2.16. The van der Waals surface area contributed by atoms with E-state index in [9.17, 15) is 4.39 Å². The molecule has 16 heavy (non-hydrogen) atoms. The van der Waals surface area contributed by atoms with E-state index in [4.69, 9.17) is 23.8 Å². The largest absolute Gasteiger partial charge is 0.329 e. The summed E-state index contributed by atoms with van der Waals surface area (Å²) in [6.45, 7) is 0.855. The van der Waals surface area contributed by atoms with Crippen LogP contribution < -0.4 is 11.1 Å². The fourth-order valence-corrected chi connectivity index (χ4v) is 1.76. The van der Waals surface area contributed by atoms with Gasteiger partial charge in [0.05, 0.1) is 0 Å². The number of nitrogens with one attached hydrogen (secondary N) is 1. The number of rotatable bonds is 5. The van der Waals surface area contributed by atoms with Crippen LogP contribution in [0.5, 0.6) is 0 Å². The Morgan fingerprint density at radius 2 is 2.31 bits per heavy atom. The van der Waals surface area contributed by atoms with Gasteiger partial charge in [0.15, 0.2) is 0 Å². The van der Waals surface area contributed by atoms with Gasteiger partial charge in [0.2, 0.25) is 0 Å². The second kappa shape index (κ2) is 6.49. The zero-order chi connectivity index (χ0) is 12.0. The van der Waals surface area contributed by atoms with Crippen molar-refractivity contribution < 1.29 is 4.39 Å². The van der Waals surface area contributed by atoms with E-state index in [-0.39, 0.29) is 18.4 Å². The van der Waals surface area contributed by atoms with Crippen molar-refractivity contribution >= 4 is 11.6 Å². The van der Waals surface area contributed by atoms with Crippen LogP contribution >= 0.6 is 11.6 Å². The molecule has 4 heteroatoms. The van der Waals surface area contributed by atoms with Crippen molar-refractivity contribution in [1.29, 1.82) is 0 Å². The molecule has 0 spiro atoms. The Bertz CT molecular complexity index is 367. The van der Waals surface area contributed by atoms with Crippen LogP contribution in [0.15, 0.2) is 18.2 Å². The number of terminal acetylenes is 1. The van der Waals surface area contributed by atoms with Gasteiger partial charge in [-0.1, -0.05) is 17.7 Å². The maximum Gasteiger partial charge on any atom is 0.129 e. The van der Waals surface area contributed by atoms with Gasteiger partial charge in [-0.3, -0.25) is 0 Å². The first kappa shape index (κ1) is 13.0. The fourth-order valence-electron chi connectivity index (χ4n) is 1.47. The molecule has 0 heterocycles. The summed E-state index contributed by atoms with van der Waals surface area (Å²) < 4.78 is 13.6. The average Bonchev–Trinajstić information content (AvgIpc) is 2.26. The monoisotopic (exact) mass is 240 g/mol. The lowest BCUT2D eigenvalue weighted by atomic mass is 10.1. The van der Waals surface area contributed by atoms with Crippen LogP contribution in [-0.4, -0.2) is 13.1 Å². The van der Waals surface area contributed by atoms with Crippen LogP contribution in [0, 0.1) is 18.2 Å². The first-order valence-electron chi connectivity index (χ1n) is 5.01. The van der Waals surface area contributed by atoms with E-state index in [1.54, 1.807) is 12.1 Å². The van der Waals surface area contributed by atoms with Gasteiger partial charge in [0.1, 0.15) is 5.82 Å². The average molecular weight is 241 g/mol. The van der Waals surface area contributed by atoms with E-state index >= 15 is 0 Å². The number of halogens is 2. The van der Waals surface area contributed by atoms with Gasteiger partial charge in [-0.15, -0.1) is 12.3 Å². The van der Waals surface area contributed by atoms with Crippen molar-refractivity contribution in [1.82, 2.24) is 5.32 Å². The third kappa shape index (κ3) is 3.21. The van der Waals surface area contributed by atoms with Gasteiger partial charge in [-0.05, 0) is 12.1 Å². The zero-order valence-corrected chi connectivity index (χ0v) is 9.60. The Hall–Kier alpha value is -1.08. The van der Waals surface area contributed by atoms with Crippen molar-refractivity contribution in [3.63, 3.8) is 0 Å². The summed E-state index contributed by atoms with van der Waals surface area (Å²) in [5.74, 6) is 2.15. The highest BCUT2D eigenvalue weighted by atomic mass is 35.5. The van der Waals surface area contributed by atoms with Gasteiger partial charge in [-0.25, -0.2) is 4.39 Å². The Morgan fingerprint density at radius 3 is 2.88 bits per heavy atom. The predicted octanol–water partition coefficient (Wildman–Crippen LogP) is 2.09. The molecule has 0 amide bonds. The van der Waals surface area contributed by atoms with Crippen molar-refractivity contribution in [3.05, 3.63) is 34.6 Å². The maximum absolute atomic E-state index is 13.6. The minimum Gasteiger partial charge on any atom is -0.329 e. The maximum atomic E-state index is 13.6. The molecule has 86 valence electrons. The van der Waals surface area contributed by atoms with E-state index in [1.165, 1.54) is 6.07 Å². The smallest absolute Gasteiger partial charge is 0.129 e. The molecular formula is C12H14ClFN2. The Morgan fingerprint density at radius 1 is 1.56 bits per heavy atom. The second-order valence-corrected chi connectivity index (χ2v) is 3.74. The Balaban J connectivity index is 2.83.